The van der Waals surface area contributed by atoms with Crippen LogP contribution < -0.4 is 5.32 Å². The van der Waals surface area contributed by atoms with Gasteiger partial charge in [0, 0.05) is 42.3 Å². The number of carbonyl (C=O) groups is 2. The molecule has 0 spiro atoms. The van der Waals surface area contributed by atoms with Crippen LogP contribution in [0.3, 0.4) is 0 Å². The van der Waals surface area contributed by atoms with E-state index in [-0.39, 0.29) is 11.8 Å². The number of aromatic amines is 1. The fourth-order valence-electron chi connectivity index (χ4n) is 5.78. The SMILES string of the molecule is Cc1c(/C=C2\C(=O)Nc3ccc(-c4ccccc4)cc32)[nH]c2c1C(=O)N(CCN1CCCC1)CCC2. The number of carbonyl (C=O) groups excluding carboxylic acids is 2. The smallest absolute Gasteiger partial charge is 0.256 e. The minimum absolute atomic E-state index is 0.113. The third kappa shape index (κ3) is 4.16. The molecule has 2 N–H and O–H groups in total. The molecule has 6 rings (SSSR count). The molecule has 3 aromatic rings. The molecule has 0 aliphatic carbocycles. The van der Waals surface area contributed by atoms with Crippen LogP contribution in [0.15, 0.2) is 48.5 Å². The first-order valence-corrected chi connectivity index (χ1v) is 13.0. The quantitative estimate of drug-likeness (QED) is 0.507. The van der Waals surface area contributed by atoms with Crippen molar-refractivity contribution in [2.24, 2.45) is 0 Å². The third-order valence-corrected chi connectivity index (χ3v) is 7.81. The van der Waals surface area contributed by atoms with E-state index in [0.717, 1.165) is 90.5 Å². The topological polar surface area (TPSA) is 68.4 Å². The zero-order chi connectivity index (χ0) is 24.6. The molecule has 184 valence electrons. The number of H-pyrrole nitrogens is 1. The van der Waals surface area contributed by atoms with Crippen LogP contribution in [0.4, 0.5) is 5.69 Å². The number of anilines is 1. The van der Waals surface area contributed by atoms with Crippen molar-refractivity contribution in [1.82, 2.24) is 14.8 Å². The predicted octanol–water partition coefficient (Wildman–Crippen LogP) is 4.97. The Balaban J connectivity index is 1.31. The molecule has 6 nitrogen and oxygen atoms in total. The number of nitrogens with zero attached hydrogens (tertiary/aromatic N) is 2. The number of aromatic nitrogens is 1. The molecule has 6 heteroatoms. The molecule has 0 saturated carbocycles. The highest BCUT2D eigenvalue weighted by molar-refractivity contribution is 6.35. The van der Waals surface area contributed by atoms with E-state index in [0.29, 0.717) is 5.57 Å². The molecule has 1 aromatic heterocycles. The summed E-state index contributed by atoms with van der Waals surface area (Å²) in [5, 5.41) is 3.00. The van der Waals surface area contributed by atoms with Crippen LogP contribution >= 0.6 is 0 Å². The Labute approximate surface area is 212 Å². The molecule has 0 atom stereocenters. The standard InChI is InChI=1S/C30H32N4O2/c1-20-27(31-26-10-7-15-34(30(36)28(20)26)17-16-33-13-5-6-14-33)19-24-23-18-22(21-8-3-2-4-9-21)11-12-25(23)32-29(24)35/h2-4,8-9,11-12,18-19,31H,5-7,10,13-17H2,1H3,(H,32,35)/b24-19-. The fraction of sp³-hybridized carbons (Fsp3) is 0.333. The van der Waals surface area contributed by atoms with Crippen LogP contribution in [0.25, 0.3) is 22.8 Å². The molecule has 0 bridgehead atoms. The minimum atomic E-state index is -0.113. The van der Waals surface area contributed by atoms with Gasteiger partial charge in [0.2, 0.25) is 0 Å². The van der Waals surface area contributed by atoms with Gasteiger partial charge in [0.1, 0.15) is 0 Å². The molecule has 0 radical (unpaired) electrons. The van der Waals surface area contributed by atoms with Crippen molar-refractivity contribution in [3.63, 3.8) is 0 Å². The number of hydrogen-bond acceptors (Lipinski definition) is 3. The summed E-state index contributed by atoms with van der Waals surface area (Å²) >= 11 is 0. The molecule has 36 heavy (non-hydrogen) atoms. The van der Waals surface area contributed by atoms with Crippen LogP contribution in [0.1, 0.15) is 52.1 Å². The molecule has 1 fully saturated rings. The molecule has 4 heterocycles. The molecule has 2 amide bonds. The first kappa shape index (κ1) is 22.8. The summed E-state index contributed by atoms with van der Waals surface area (Å²) in [4.78, 5) is 34.5. The second-order valence-electron chi connectivity index (χ2n) is 10.1. The number of hydrogen-bond donors (Lipinski definition) is 2. The van der Waals surface area contributed by atoms with E-state index in [2.05, 4.69) is 33.4 Å². The zero-order valence-corrected chi connectivity index (χ0v) is 20.8. The lowest BCUT2D eigenvalue weighted by Gasteiger charge is -2.24. The highest BCUT2D eigenvalue weighted by Gasteiger charge is 2.29. The number of benzene rings is 2. The molecular formula is C30H32N4O2. The fourth-order valence-corrected chi connectivity index (χ4v) is 5.78. The lowest BCUT2D eigenvalue weighted by atomic mass is 9.98. The highest BCUT2D eigenvalue weighted by Crippen LogP contribution is 2.37. The molecule has 3 aliphatic rings. The molecule has 2 aromatic carbocycles. The Kier molecular flexibility index (Phi) is 5.97. The van der Waals surface area contributed by atoms with E-state index < -0.39 is 0 Å². The second kappa shape index (κ2) is 9.43. The summed E-state index contributed by atoms with van der Waals surface area (Å²) in [6.45, 7) is 6.80. The van der Waals surface area contributed by atoms with E-state index >= 15 is 0 Å². The number of amides is 2. The van der Waals surface area contributed by atoms with Crippen molar-refractivity contribution in [2.45, 2.75) is 32.6 Å². The van der Waals surface area contributed by atoms with Crippen molar-refractivity contribution >= 4 is 29.2 Å². The minimum Gasteiger partial charge on any atom is -0.358 e. The van der Waals surface area contributed by atoms with Gasteiger partial charge in [-0.05, 0) is 80.6 Å². The first-order chi connectivity index (χ1) is 17.6. The van der Waals surface area contributed by atoms with Crippen LogP contribution in [0.2, 0.25) is 0 Å². The van der Waals surface area contributed by atoms with E-state index in [9.17, 15) is 9.59 Å². The van der Waals surface area contributed by atoms with Gasteiger partial charge < -0.3 is 20.1 Å². The van der Waals surface area contributed by atoms with Crippen LogP contribution in [0.5, 0.6) is 0 Å². The van der Waals surface area contributed by atoms with Gasteiger partial charge in [-0.2, -0.15) is 0 Å². The molecule has 1 saturated heterocycles. The Bertz CT molecular complexity index is 1350. The Morgan fingerprint density at radius 2 is 1.72 bits per heavy atom. The van der Waals surface area contributed by atoms with Crippen LogP contribution in [0, 0.1) is 6.92 Å². The summed E-state index contributed by atoms with van der Waals surface area (Å²) in [6.07, 6.45) is 6.22. The van der Waals surface area contributed by atoms with Crippen LogP contribution in [-0.4, -0.2) is 59.3 Å². The Morgan fingerprint density at radius 1 is 0.917 bits per heavy atom. The maximum atomic E-state index is 13.6. The Hall–Kier alpha value is -3.64. The number of nitrogens with one attached hydrogen (secondary N) is 2. The lowest BCUT2D eigenvalue weighted by Crippen LogP contribution is -2.38. The summed E-state index contributed by atoms with van der Waals surface area (Å²) < 4.78 is 0. The van der Waals surface area contributed by atoms with Crippen LogP contribution in [-0.2, 0) is 11.2 Å². The largest absolute Gasteiger partial charge is 0.358 e. The van der Waals surface area contributed by atoms with E-state index in [1.807, 2.05) is 48.2 Å². The molecule has 0 unspecified atom stereocenters. The zero-order valence-electron chi connectivity index (χ0n) is 20.8. The summed E-state index contributed by atoms with van der Waals surface area (Å²) in [5.41, 5.74) is 8.07. The second-order valence-corrected chi connectivity index (χ2v) is 10.1. The molecule has 3 aliphatic heterocycles. The van der Waals surface area contributed by atoms with E-state index in [1.54, 1.807) is 0 Å². The van der Waals surface area contributed by atoms with Gasteiger partial charge >= 0.3 is 0 Å². The van der Waals surface area contributed by atoms with Gasteiger partial charge in [0.05, 0.1) is 11.1 Å². The maximum absolute atomic E-state index is 13.6. The normalized spacial score (nSPS) is 18.9. The number of likely N-dealkylation sites (tertiary alicyclic amines) is 1. The number of fused-ring (bicyclic) bond motifs is 2. The molecular weight excluding hydrogens is 448 g/mol. The van der Waals surface area contributed by atoms with Crippen molar-refractivity contribution in [2.75, 3.05) is 38.0 Å². The number of rotatable bonds is 5. The van der Waals surface area contributed by atoms with Gasteiger partial charge in [-0.25, -0.2) is 0 Å². The van der Waals surface area contributed by atoms with Gasteiger partial charge in [-0.1, -0.05) is 36.4 Å². The van der Waals surface area contributed by atoms with E-state index in [4.69, 9.17) is 0 Å². The average Bonchev–Trinajstić information content (AvgIpc) is 3.57. The summed E-state index contributed by atoms with van der Waals surface area (Å²) in [7, 11) is 0. The van der Waals surface area contributed by atoms with Crippen molar-refractivity contribution in [1.29, 1.82) is 0 Å². The summed E-state index contributed by atoms with van der Waals surface area (Å²) in [6, 6.07) is 16.3. The first-order valence-electron chi connectivity index (χ1n) is 13.0. The van der Waals surface area contributed by atoms with E-state index in [1.165, 1.54) is 12.8 Å². The van der Waals surface area contributed by atoms with Gasteiger partial charge in [0.15, 0.2) is 0 Å². The van der Waals surface area contributed by atoms with Gasteiger partial charge in [0.25, 0.3) is 11.8 Å². The van der Waals surface area contributed by atoms with Crippen molar-refractivity contribution in [3.05, 3.63) is 76.6 Å². The predicted molar refractivity (Wildman–Crippen MR) is 144 cm³/mol. The van der Waals surface area contributed by atoms with Gasteiger partial charge in [-0.3, -0.25) is 9.59 Å². The highest BCUT2D eigenvalue weighted by atomic mass is 16.2. The van der Waals surface area contributed by atoms with Crippen molar-refractivity contribution in [3.8, 4) is 11.1 Å². The third-order valence-electron chi connectivity index (χ3n) is 7.81. The number of aryl methyl sites for hydroxylation is 1. The van der Waals surface area contributed by atoms with Crippen molar-refractivity contribution < 1.29 is 9.59 Å². The monoisotopic (exact) mass is 480 g/mol. The maximum Gasteiger partial charge on any atom is 0.256 e. The van der Waals surface area contributed by atoms with Gasteiger partial charge in [-0.15, -0.1) is 0 Å². The average molecular weight is 481 g/mol. The summed E-state index contributed by atoms with van der Waals surface area (Å²) in [5.74, 6) is 0.000654. The lowest BCUT2D eigenvalue weighted by molar-refractivity contribution is -0.110. The Morgan fingerprint density at radius 3 is 2.53 bits per heavy atom.